The molecule has 2 heterocycles. The molecule has 0 aromatic carbocycles. The Hall–Kier alpha value is -1.62. The third-order valence-electron chi connectivity index (χ3n) is 3.07. The van der Waals surface area contributed by atoms with Crippen LogP contribution in [0, 0.1) is 0 Å². The van der Waals surface area contributed by atoms with Gasteiger partial charge in [0.1, 0.15) is 5.69 Å². The molecule has 1 saturated heterocycles. The van der Waals surface area contributed by atoms with Gasteiger partial charge in [-0.15, -0.1) is 0 Å². The normalized spacial score (nSPS) is 23.2. The summed E-state index contributed by atoms with van der Waals surface area (Å²) in [7, 11) is 0. The van der Waals surface area contributed by atoms with Crippen LogP contribution < -0.4 is 5.32 Å². The zero-order chi connectivity index (χ0) is 13.8. The van der Waals surface area contributed by atoms with Crippen LogP contribution in [-0.4, -0.2) is 47.6 Å². The molecule has 2 atom stereocenters. The van der Waals surface area contributed by atoms with Crippen molar-refractivity contribution in [2.24, 2.45) is 0 Å². The first-order valence-electron chi connectivity index (χ1n) is 6.74. The van der Waals surface area contributed by atoms with E-state index >= 15 is 0 Å². The molecule has 0 spiro atoms. The summed E-state index contributed by atoms with van der Waals surface area (Å²) < 4.78 is 5.64. The molecule has 1 aliphatic rings. The zero-order valence-corrected chi connectivity index (χ0v) is 11.7. The predicted octanol–water partition coefficient (Wildman–Crippen LogP) is 1.76. The number of anilines is 1. The minimum absolute atomic E-state index is 0.0262. The largest absolute Gasteiger partial charge is 0.385 e. The number of morpholine rings is 1. The number of carbonyl (C=O) groups is 1. The van der Waals surface area contributed by atoms with Gasteiger partial charge in [-0.3, -0.25) is 9.78 Å². The number of nitrogens with zero attached hydrogens (tertiary/aromatic N) is 2. The Labute approximate surface area is 114 Å². The SMILES string of the molecule is CCNc1ccnc(C(=O)N2CC(C)OC(C)C2)c1. The number of amides is 1. The van der Waals surface area contributed by atoms with Crippen LogP contribution in [0.2, 0.25) is 0 Å². The highest BCUT2D eigenvalue weighted by Gasteiger charge is 2.27. The molecule has 5 heteroatoms. The Morgan fingerprint density at radius 3 is 2.79 bits per heavy atom. The van der Waals surface area contributed by atoms with Crippen molar-refractivity contribution in [3.8, 4) is 0 Å². The standard InChI is InChI=1S/C14H21N3O2/c1-4-15-12-5-6-16-13(7-12)14(18)17-8-10(2)19-11(3)9-17/h5-7,10-11H,4,8-9H2,1-3H3,(H,15,16). The fraction of sp³-hybridized carbons (Fsp3) is 0.571. The van der Waals surface area contributed by atoms with Crippen molar-refractivity contribution in [1.29, 1.82) is 0 Å². The van der Waals surface area contributed by atoms with Gasteiger partial charge in [-0.1, -0.05) is 0 Å². The van der Waals surface area contributed by atoms with Crippen LogP contribution in [0.25, 0.3) is 0 Å². The van der Waals surface area contributed by atoms with Crippen LogP contribution in [0.15, 0.2) is 18.3 Å². The van der Waals surface area contributed by atoms with E-state index in [4.69, 9.17) is 4.74 Å². The van der Waals surface area contributed by atoms with Crippen molar-refractivity contribution in [3.05, 3.63) is 24.0 Å². The Morgan fingerprint density at radius 2 is 2.16 bits per heavy atom. The van der Waals surface area contributed by atoms with Crippen LogP contribution in [-0.2, 0) is 4.74 Å². The molecular weight excluding hydrogens is 242 g/mol. The number of carbonyl (C=O) groups excluding carboxylic acids is 1. The lowest BCUT2D eigenvalue weighted by atomic mass is 10.2. The summed E-state index contributed by atoms with van der Waals surface area (Å²) >= 11 is 0. The minimum atomic E-state index is -0.0262. The number of hydrogen-bond acceptors (Lipinski definition) is 4. The number of hydrogen-bond donors (Lipinski definition) is 1. The number of ether oxygens (including phenoxy) is 1. The molecule has 1 N–H and O–H groups in total. The van der Waals surface area contributed by atoms with Gasteiger partial charge < -0.3 is 15.0 Å². The van der Waals surface area contributed by atoms with Gasteiger partial charge in [0.2, 0.25) is 0 Å². The van der Waals surface area contributed by atoms with E-state index in [1.54, 1.807) is 12.3 Å². The second kappa shape index (κ2) is 6.02. The lowest BCUT2D eigenvalue weighted by Gasteiger charge is -2.35. The van der Waals surface area contributed by atoms with E-state index in [1.165, 1.54) is 0 Å². The molecular formula is C14H21N3O2. The van der Waals surface area contributed by atoms with E-state index in [-0.39, 0.29) is 18.1 Å². The van der Waals surface area contributed by atoms with Crippen molar-refractivity contribution in [1.82, 2.24) is 9.88 Å². The molecule has 0 saturated carbocycles. The molecule has 1 amide bonds. The average molecular weight is 263 g/mol. The van der Waals surface area contributed by atoms with Crippen molar-refractivity contribution in [2.75, 3.05) is 25.0 Å². The zero-order valence-electron chi connectivity index (χ0n) is 11.7. The van der Waals surface area contributed by atoms with Gasteiger partial charge >= 0.3 is 0 Å². The summed E-state index contributed by atoms with van der Waals surface area (Å²) in [5.74, 6) is -0.0262. The van der Waals surface area contributed by atoms with Gasteiger partial charge in [0.15, 0.2) is 0 Å². The third-order valence-corrected chi connectivity index (χ3v) is 3.07. The van der Waals surface area contributed by atoms with E-state index in [2.05, 4.69) is 10.3 Å². The Kier molecular flexibility index (Phi) is 4.37. The first-order valence-corrected chi connectivity index (χ1v) is 6.74. The van der Waals surface area contributed by atoms with Gasteiger partial charge in [0.25, 0.3) is 5.91 Å². The maximum Gasteiger partial charge on any atom is 0.272 e. The number of nitrogens with one attached hydrogen (secondary N) is 1. The van der Waals surface area contributed by atoms with E-state index in [9.17, 15) is 4.79 Å². The maximum atomic E-state index is 12.4. The lowest BCUT2D eigenvalue weighted by molar-refractivity contribution is -0.0587. The minimum Gasteiger partial charge on any atom is -0.385 e. The predicted molar refractivity (Wildman–Crippen MR) is 74.3 cm³/mol. The highest BCUT2D eigenvalue weighted by molar-refractivity contribution is 5.93. The quantitative estimate of drug-likeness (QED) is 0.903. The number of aromatic nitrogens is 1. The molecule has 104 valence electrons. The molecule has 5 nitrogen and oxygen atoms in total. The number of rotatable bonds is 3. The fourth-order valence-corrected chi connectivity index (χ4v) is 2.37. The maximum absolute atomic E-state index is 12.4. The molecule has 1 aromatic rings. The van der Waals surface area contributed by atoms with Gasteiger partial charge in [0, 0.05) is 31.5 Å². The first kappa shape index (κ1) is 13.8. The first-order chi connectivity index (χ1) is 9.10. The van der Waals surface area contributed by atoms with Gasteiger partial charge in [-0.25, -0.2) is 0 Å². The second-order valence-corrected chi connectivity index (χ2v) is 4.93. The van der Waals surface area contributed by atoms with E-state index in [0.29, 0.717) is 18.8 Å². The average Bonchev–Trinajstić information content (AvgIpc) is 2.37. The van der Waals surface area contributed by atoms with Crippen LogP contribution in [0.3, 0.4) is 0 Å². The highest BCUT2D eigenvalue weighted by Crippen LogP contribution is 2.15. The Morgan fingerprint density at radius 1 is 1.47 bits per heavy atom. The molecule has 2 unspecified atom stereocenters. The summed E-state index contributed by atoms with van der Waals surface area (Å²) in [6.45, 7) is 8.06. The summed E-state index contributed by atoms with van der Waals surface area (Å²) in [6, 6.07) is 3.67. The second-order valence-electron chi connectivity index (χ2n) is 4.93. The van der Waals surface area contributed by atoms with Gasteiger partial charge in [0.05, 0.1) is 12.2 Å². The van der Waals surface area contributed by atoms with E-state index in [0.717, 1.165) is 12.2 Å². The molecule has 0 radical (unpaired) electrons. The van der Waals surface area contributed by atoms with Gasteiger partial charge in [-0.05, 0) is 32.9 Å². The summed E-state index contributed by atoms with van der Waals surface area (Å²) in [6.07, 6.45) is 1.81. The topological polar surface area (TPSA) is 54.5 Å². The highest BCUT2D eigenvalue weighted by atomic mass is 16.5. The molecule has 1 aliphatic heterocycles. The van der Waals surface area contributed by atoms with E-state index in [1.807, 2.05) is 31.7 Å². The van der Waals surface area contributed by atoms with Crippen LogP contribution in [0.5, 0.6) is 0 Å². The fourth-order valence-electron chi connectivity index (χ4n) is 2.37. The van der Waals surface area contributed by atoms with Crippen molar-refractivity contribution < 1.29 is 9.53 Å². The third kappa shape index (κ3) is 3.44. The van der Waals surface area contributed by atoms with Crippen molar-refractivity contribution in [3.63, 3.8) is 0 Å². The number of pyridine rings is 1. The Balaban J connectivity index is 2.12. The molecule has 0 aliphatic carbocycles. The van der Waals surface area contributed by atoms with Crippen molar-refractivity contribution >= 4 is 11.6 Å². The van der Waals surface area contributed by atoms with Crippen LogP contribution >= 0.6 is 0 Å². The molecule has 19 heavy (non-hydrogen) atoms. The molecule has 2 rings (SSSR count). The Bertz CT molecular complexity index is 440. The molecule has 1 fully saturated rings. The van der Waals surface area contributed by atoms with Gasteiger partial charge in [-0.2, -0.15) is 0 Å². The van der Waals surface area contributed by atoms with Crippen molar-refractivity contribution in [2.45, 2.75) is 33.0 Å². The summed E-state index contributed by atoms with van der Waals surface area (Å²) in [5.41, 5.74) is 1.41. The summed E-state index contributed by atoms with van der Waals surface area (Å²) in [5, 5.41) is 3.19. The summed E-state index contributed by atoms with van der Waals surface area (Å²) in [4.78, 5) is 18.4. The molecule has 0 bridgehead atoms. The van der Waals surface area contributed by atoms with E-state index < -0.39 is 0 Å². The monoisotopic (exact) mass is 263 g/mol. The van der Waals surface area contributed by atoms with Crippen LogP contribution in [0.1, 0.15) is 31.3 Å². The lowest BCUT2D eigenvalue weighted by Crippen LogP contribution is -2.48. The molecule has 1 aromatic heterocycles. The van der Waals surface area contributed by atoms with Crippen LogP contribution in [0.4, 0.5) is 5.69 Å². The smallest absolute Gasteiger partial charge is 0.272 e.